The van der Waals surface area contributed by atoms with E-state index in [0.717, 1.165) is 4.88 Å². The van der Waals surface area contributed by atoms with Crippen LogP contribution in [-0.4, -0.2) is 23.6 Å². The van der Waals surface area contributed by atoms with Crippen LogP contribution in [0, 0.1) is 0 Å². The number of halogens is 1. The van der Waals surface area contributed by atoms with Gasteiger partial charge in [-0.1, -0.05) is 17.7 Å². The Morgan fingerprint density at radius 1 is 1.38 bits per heavy atom. The number of hydrogen-bond acceptors (Lipinski definition) is 5. The van der Waals surface area contributed by atoms with Crippen LogP contribution in [0.1, 0.15) is 17.4 Å². The first-order valence-corrected chi connectivity index (χ1v) is 8.51. The van der Waals surface area contributed by atoms with Gasteiger partial charge in [0.2, 0.25) is 6.79 Å². The van der Waals surface area contributed by atoms with E-state index in [1.165, 1.54) is 16.2 Å². The van der Waals surface area contributed by atoms with Gasteiger partial charge in [0.1, 0.15) is 0 Å². The van der Waals surface area contributed by atoms with Crippen molar-refractivity contribution in [3.8, 4) is 11.5 Å². The number of nitrogens with zero attached hydrogens (tertiary/aromatic N) is 1. The van der Waals surface area contributed by atoms with E-state index < -0.39 is 11.6 Å². The number of carbonyl (C=O) groups is 2. The molecule has 1 aromatic carbocycles. The van der Waals surface area contributed by atoms with Crippen molar-refractivity contribution in [2.24, 2.45) is 0 Å². The van der Waals surface area contributed by atoms with Gasteiger partial charge >= 0.3 is 6.03 Å². The topological polar surface area (TPSA) is 67.9 Å². The molecule has 0 saturated carbocycles. The number of benzene rings is 1. The van der Waals surface area contributed by atoms with E-state index in [0.29, 0.717) is 22.1 Å². The normalized spacial score (nSPS) is 22.2. The predicted octanol–water partition coefficient (Wildman–Crippen LogP) is 3.10. The molecule has 6 nitrogen and oxygen atoms in total. The molecule has 1 N–H and O–H groups in total. The molecule has 4 rings (SSSR count). The summed E-state index contributed by atoms with van der Waals surface area (Å²) in [6, 6.07) is 6.67. The van der Waals surface area contributed by atoms with Gasteiger partial charge in [-0.25, -0.2) is 4.79 Å². The lowest BCUT2D eigenvalue weighted by Gasteiger charge is -2.20. The van der Waals surface area contributed by atoms with Crippen molar-refractivity contribution in [1.82, 2.24) is 10.2 Å². The number of imide groups is 1. The number of thiophene rings is 1. The Hall–Kier alpha value is -2.25. The summed E-state index contributed by atoms with van der Waals surface area (Å²) in [5.41, 5.74) is -0.339. The van der Waals surface area contributed by atoms with Crippen LogP contribution in [0.4, 0.5) is 4.79 Å². The Balaban J connectivity index is 1.63. The summed E-state index contributed by atoms with van der Waals surface area (Å²) in [6.45, 7) is 1.94. The van der Waals surface area contributed by atoms with E-state index in [-0.39, 0.29) is 19.2 Å². The average molecular weight is 365 g/mol. The van der Waals surface area contributed by atoms with Crippen molar-refractivity contribution in [3.05, 3.63) is 45.1 Å². The smallest absolute Gasteiger partial charge is 0.325 e. The molecule has 1 atom stereocenters. The highest BCUT2D eigenvalue weighted by Gasteiger charge is 2.49. The molecule has 8 heteroatoms. The fourth-order valence-corrected chi connectivity index (χ4v) is 3.99. The molecular formula is C16H13ClN2O4S. The third kappa shape index (κ3) is 2.23. The van der Waals surface area contributed by atoms with E-state index >= 15 is 0 Å². The van der Waals surface area contributed by atoms with Gasteiger partial charge < -0.3 is 14.8 Å². The summed E-state index contributed by atoms with van der Waals surface area (Å²) in [5.74, 6) is 0.718. The molecule has 124 valence electrons. The number of ether oxygens (including phenoxy) is 2. The maximum absolute atomic E-state index is 12.8. The number of nitrogens with one attached hydrogen (secondary N) is 1. The van der Waals surface area contributed by atoms with Crippen molar-refractivity contribution in [1.29, 1.82) is 0 Å². The quantitative estimate of drug-likeness (QED) is 0.850. The van der Waals surface area contributed by atoms with Gasteiger partial charge in [0.15, 0.2) is 17.0 Å². The number of rotatable bonds is 3. The average Bonchev–Trinajstić information content (AvgIpc) is 3.25. The van der Waals surface area contributed by atoms with Gasteiger partial charge in [0, 0.05) is 4.88 Å². The van der Waals surface area contributed by atoms with Crippen molar-refractivity contribution >= 4 is 34.9 Å². The molecule has 1 saturated heterocycles. The Kier molecular flexibility index (Phi) is 3.43. The summed E-state index contributed by atoms with van der Waals surface area (Å²) < 4.78 is 10.6. The Morgan fingerprint density at radius 3 is 2.96 bits per heavy atom. The van der Waals surface area contributed by atoms with E-state index in [1.54, 1.807) is 19.1 Å². The number of carbonyl (C=O) groups excluding carboxylic acids is 2. The molecule has 2 aliphatic heterocycles. The first-order chi connectivity index (χ1) is 11.5. The summed E-state index contributed by atoms with van der Waals surface area (Å²) in [4.78, 5) is 27.1. The highest BCUT2D eigenvalue weighted by molar-refractivity contribution is 7.10. The molecule has 1 aromatic heterocycles. The first kappa shape index (κ1) is 15.3. The molecule has 2 aliphatic rings. The van der Waals surface area contributed by atoms with Gasteiger partial charge in [0.25, 0.3) is 5.91 Å². The second-order valence-corrected chi connectivity index (χ2v) is 7.09. The van der Waals surface area contributed by atoms with E-state index in [9.17, 15) is 9.59 Å². The van der Waals surface area contributed by atoms with Crippen LogP contribution < -0.4 is 14.8 Å². The van der Waals surface area contributed by atoms with Gasteiger partial charge in [-0.3, -0.25) is 9.69 Å². The minimum absolute atomic E-state index is 0.109. The monoisotopic (exact) mass is 364 g/mol. The zero-order valence-electron chi connectivity index (χ0n) is 12.7. The fraction of sp³-hybridized carbons (Fsp3) is 0.250. The molecule has 0 bridgehead atoms. The first-order valence-electron chi connectivity index (χ1n) is 7.25. The van der Waals surface area contributed by atoms with Gasteiger partial charge in [-0.05, 0) is 36.1 Å². The Bertz CT molecular complexity index is 839. The Morgan fingerprint density at radius 2 is 2.21 bits per heavy atom. The summed E-state index contributed by atoms with van der Waals surface area (Å²) >= 11 is 7.59. The van der Waals surface area contributed by atoms with Gasteiger partial charge in [0.05, 0.1) is 11.6 Å². The van der Waals surface area contributed by atoms with Gasteiger partial charge in [-0.15, -0.1) is 11.3 Å². The van der Waals surface area contributed by atoms with Crippen LogP contribution in [0.5, 0.6) is 11.5 Å². The molecular weight excluding hydrogens is 352 g/mol. The Labute approximate surface area is 146 Å². The molecule has 1 fully saturated rings. The number of hydrogen-bond donors (Lipinski definition) is 1. The zero-order valence-corrected chi connectivity index (χ0v) is 14.2. The second kappa shape index (κ2) is 5.39. The maximum Gasteiger partial charge on any atom is 0.325 e. The molecule has 0 aliphatic carbocycles. The molecule has 3 heterocycles. The second-order valence-electron chi connectivity index (χ2n) is 5.74. The third-order valence-corrected chi connectivity index (χ3v) is 5.49. The minimum atomic E-state index is -1.04. The van der Waals surface area contributed by atoms with Crippen LogP contribution >= 0.6 is 22.9 Å². The molecule has 0 radical (unpaired) electrons. The fourth-order valence-electron chi connectivity index (χ4n) is 2.87. The molecule has 0 spiro atoms. The molecule has 2 aromatic rings. The van der Waals surface area contributed by atoms with Crippen molar-refractivity contribution in [3.63, 3.8) is 0 Å². The van der Waals surface area contributed by atoms with Crippen LogP contribution in [-0.2, 0) is 16.9 Å². The number of fused-ring (bicyclic) bond motifs is 1. The zero-order chi connectivity index (χ0) is 16.9. The van der Waals surface area contributed by atoms with Crippen LogP contribution in [0.15, 0.2) is 29.6 Å². The minimum Gasteiger partial charge on any atom is -0.454 e. The highest BCUT2D eigenvalue weighted by atomic mass is 35.5. The largest absolute Gasteiger partial charge is 0.454 e. The predicted molar refractivity (Wildman–Crippen MR) is 88.3 cm³/mol. The van der Waals surface area contributed by atoms with Crippen molar-refractivity contribution in [2.45, 2.75) is 19.0 Å². The van der Waals surface area contributed by atoms with Crippen molar-refractivity contribution < 1.29 is 19.1 Å². The molecule has 3 amide bonds. The number of amides is 3. The van der Waals surface area contributed by atoms with E-state index in [4.69, 9.17) is 21.1 Å². The molecule has 24 heavy (non-hydrogen) atoms. The third-order valence-electron chi connectivity index (χ3n) is 4.12. The van der Waals surface area contributed by atoms with Gasteiger partial charge in [-0.2, -0.15) is 0 Å². The SMILES string of the molecule is CC1(c2cccs2)NC(=O)N(Cc2cc(Cl)c3c(c2)OCO3)C1=O. The standard InChI is InChI=1S/C16H13ClN2O4S/c1-16(12-3-2-4-24-12)14(20)19(15(21)18-16)7-9-5-10(17)13-11(6-9)22-8-23-13/h2-6H,7-8H2,1H3,(H,18,21). The van der Waals surface area contributed by atoms with E-state index in [2.05, 4.69) is 5.32 Å². The lowest BCUT2D eigenvalue weighted by Crippen LogP contribution is -2.40. The maximum atomic E-state index is 12.8. The lowest BCUT2D eigenvalue weighted by atomic mass is 10.0. The van der Waals surface area contributed by atoms with Crippen LogP contribution in [0.2, 0.25) is 5.02 Å². The lowest BCUT2D eigenvalue weighted by molar-refractivity contribution is -0.131. The highest BCUT2D eigenvalue weighted by Crippen LogP contribution is 2.40. The van der Waals surface area contributed by atoms with E-state index in [1.807, 2.05) is 17.5 Å². The molecule has 1 unspecified atom stereocenters. The summed E-state index contributed by atoms with van der Waals surface area (Å²) in [7, 11) is 0. The van der Waals surface area contributed by atoms with Crippen LogP contribution in [0.25, 0.3) is 0 Å². The summed E-state index contributed by atoms with van der Waals surface area (Å²) in [6.07, 6.45) is 0. The van der Waals surface area contributed by atoms with Crippen molar-refractivity contribution in [2.75, 3.05) is 6.79 Å². The van der Waals surface area contributed by atoms with Crippen LogP contribution in [0.3, 0.4) is 0 Å². The summed E-state index contributed by atoms with van der Waals surface area (Å²) in [5, 5.41) is 5.05. The number of urea groups is 1.